The lowest BCUT2D eigenvalue weighted by atomic mass is 9.97. The Hall–Kier alpha value is -6.95. The molecule has 48 heavy (non-hydrogen) atoms. The number of rotatable bonds is 4. The van der Waals surface area contributed by atoms with Crippen molar-refractivity contribution >= 4 is 43.7 Å². The number of hydrogen-bond donors (Lipinski definition) is 0. The fraction of sp³-hybridized carbons (Fsp3) is 0. The average molecular weight is 612 g/mol. The molecule has 5 heteroatoms. The van der Waals surface area contributed by atoms with Crippen LogP contribution in [-0.4, -0.2) is 14.1 Å². The highest BCUT2D eigenvalue weighted by Crippen LogP contribution is 2.38. The number of aromatic nitrogens is 3. The highest BCUT2D eigenvalue weighted by atomic mass is 15.1. The molecule has 0 amide bonds. The van der Waals surface area contributed by atoms with Gasteiger partial charge >= 0.3 is 0 Å². The standard InChI is InChI=1S/C43H25N5/c44-26-28-14-17-30(18-15-28)31-7-5-8-32(22-31)33-23-34(47-40-12-3-2-10-37(40)39-21-29(27-45)16-19-42(39)47)25-35(24-33)48-41-13-4-1-9-36(41)38-11-6-20-46-43(38)48/h1-25H. The molecule has 0 unspecified atom stereocenters. The summed E-state index contributed by atoms with van der Waals surface area (Å²) in [4.78, 5) is 4.88. The van der Waals surface area contributed by atoms with E-state index in [9.17, 15) is 10.5 Å². The van der Waals surface area contributed by atoms with E-state index in [1.165, 1.54) is 0 Å². The van der Waals surface area contributed by atoms with Crippen molar-refractivity contribution in [2.45, 2.75) is 0 Å². The number of pyridine rings is 1. The second-order valence-electron chi connectivity index (χ2n) is 11.9. The van der Waals surface area contributed by atoms with Gasteiger partial charge in [-0.25, -0.2) is 4.98 Å². The summed E-state index contributed by atoms with van der Waals surface area (Å²) in [5.41, 5.74) is 11.6. The van der Waals surface area contributed by atoms with Gasteiger partial charge in [-0.15, -0.1) is 0 Å². The fourth-order valence-electron chi connectivity index (χ4n) is 7.01. The van der Waals surface area contributed by atoms with E-state index < -0.39 is 0 Å². The lowest BCUT2D eigenvalue weighted by molar-refractivity contribution is 1.11. The van der Waals surface area contributed by atoms with E-state index in [-0.39, 0.29) is 0 Å². The van der Waals surface area contributed by atoms with Gasteiger partial charge in [0.2, 0.25) is 0 Å². The molecule has 0 aliphatic heterocycles. The van der Waals surface area contributed by atoms with Crippen LogP contribution in [0.5, 0.6) is 0 Å². The minimum Gasteiger partial charge on any atom is -0.309 e. The van der Waals surface area contributed by atoms with Gasteiger partial charge in [-0.3, -0.25) is 4.57 Å². The van der Waals surface area contributed by atoms with Crippen LogP contribution in [0.2, 0.25) is 0 Å². The average Bonchev–Trinajstić information content (AvgIpc) is 3.67. The third-order valence-electron chi connectivity index (χ3n) is 9.20. The van der Waals surface area contributed by atoms with Crippen LogP contribution in [-0.2, 0) is 0 Å². The van der Waals surface area contributed by atoms with Gasteiger partial charge in [-0.1, -0.05) is 66.7 Å². The van der Waals surface area contributed by atoms with Crippen molar-refractivity contribution in [2.24, 2.45) is 0 Å². The molecule has 0 radical (unpaired) electrons. The Morgan fingerprint density at radius 3 is 1.77 bits per heavy atom. The Bertz CT molecular complexity index is 2750. The van der Waals surface area contributed by atoms with Crippen LogP contribution in [0.4, 0.5) is 0 Å². The molecule has 5 nitrogen and oxygen atoms in total. The van der Waals surface area contributed by atoms with Gasteiger partial charge in [-0.05, 0) is 101 Å². The number of nitriles is 2. The van der Waals surface area contributed by atoms with Crippen LogP contribution in [0.1, 0.15) is 11.1 Å². The Labute approximate surface area is 276 Å². The molecule has 0 spiro atoms. The summed E-state index contributed by atoms with van der Waals surface area (Å²) in [6.07, 6.45) is 1.85. The molecule has 222 valence electrons. The van der Waals surface area contributed by atoms with Gasteiger partial charge in [0.25, 0.3) is 0 Å². The molecule has 0 aliphatic rings. The summed E-state index contributed by atoms with van der Waals surface area (Å²) in [5.74, 6) is 0. The summed E-state index contributed by atoms with van der Waals surface area (Å²) < 4.78 is 4.55. The first-order chi connectivity index (χ1) is 23.7. The highest BCUT2D eigenvalue weighted by molar-refractivity contribution is 6.10. The largest absolute Gasteiger partial charge is 0.309 e. The van der Waals surface area contributed by atoms with Crippen LogP contribution >= 0.6 is 0 Å². The molecule has 6 aromatic carbocycles. The van der Waals surface area contributed by atoms with Crippen molar-refractivity contribution < 1.29 is 0 Å². The van der Waals surface area contributed by atoms with Crippen LogP contribution < -0.4 is 0 Å². The van der Waals surface area contributed by atoms with E-state index in [1.807, 2.05) is 60.8 Å². The normalized spacial score (nSPS) is 11.3. The van der Waals surface area contributed by atoms with Gasteiger partial charge in [0.1, 0.15) is 5.65 Å². The van der Waals surface area contributed by atoms with Crippen molar-refractivity contribution in [2.75, 3.05) is 0 Å². The van der Waals surface area contributed by atoms with Crippen LogP contribution in [0, 0.1) is 22.7 Å². The molecule has 0 saturated carbocycles. The molecule has 0 fully saturated rings. The molecule has 0 bridgehead atoms. The molecule has 0 atom stereocenters. The maximum atomic E-state index is 9.72. The van der Waals surface area contributed by atoms with Gasteiger partial charge in [0, 0.05) is 33.4 Å². The van der Waals surface area contributed by atoms with E-state index >= 15 is 0 Å². The summed E-state index contributed by atoms with van der Waals surface area (Å²) in [7, 11) is 0. The zero-order valence-corrected chi connectivity index (χ0v) is 25.7. The number of benzene rings is 6. The van der Waals surface area contributed by atoms with Gasteiger partial charge in [-0.2, -0.15) is 10.5 Å². The maximum absolute atomic E-state index is 9.72. The zero-order valence-electron chi connectivity index (χ0n) is 25.7. The predicted octanol–water partition coefficient (Wildman–Crippen LogP) is 10.4. The smallest absolute Gasteiger partial charge is 0.145 e. The minimum atomic E-state index is 0.635. The quantitative estimate of drug-likeness (QED) is 0.199. The lowest BCUT2D eigenvalue weighted by Crippen LogP contribution is -2.01. The van der Waals surface area contributed by atoms with Gasteiger partial charge in [0.05, 0.1) is 45.5 Å². The number of hydrogen-bond acceptors (Lipinski definition) is 3. The first kappa shape index (κ1) is 27.4. The molecular weight excluding hydrogens is 587 g/mol. The van der Waals surface area contributed by atoms with Gasteiger partial charge in [0.15, 0.2) is 0 Å². The summed E-state index contributed by atoms with van der Waals surface area (Å²) in [6, 6.07) is 54.4. The van der Waals surface area contributed by atoms with E-state index in [1.54, 1.807) is 0 Å². The number of fused-ring (bicyclic) bond motifs is 6. The molecular formula is C43H25N5. The van der Waals surface area contributed by atoms with E-state index in [2.05, 4.69) is 112 Å². The van der Waals surface area contributed by atoms with Gasteiger partial charge < -0.3 is 4.57 Å². The topological polar surface area (TPSA) is 70.3 Å². The van der Waals surface area contributed by atoms with E-state index in [0.29, 0.717) is 11.1 Å². The number of nitrogens with zero attached hydrogens (tertiary/aromatic N) is 5. The molecule has 9 aromatic rings. The summed E-state index contributed by atoms with van der Waals surface area (Å²) in [6.45, 7) is 0. The second-order valence-corrected chi connectivity index (χ2v) is 11.9. The monoisotopic (exact) mass is 611 g/mol. The van der Waals surface area contributed by atoms with Crippen molar-refractivity contribution in [1.29, 1.82) is 10.5 Å². The molecule has 3 heterocycles. The third kappa shape index (κ3) is 4.27. The zero-order chi connectivity index (χ0) is 32.2. The first-order valence-corrected chi connectivity index (χ1v) is 15.7. The molecule has 0 N–H and O–H groups in total. The number of para-hydroxylation sites is 2. The van der Waals surface area contributed by atoms with Crippen LogP contribution in [0.25, 0.3) is 77.4 Å². The summed E-state index contributed by atoms with van der Waals surface area (Å²) >= 11 is 0. The molecule has 0 aliphatic carbocycles. The van der Waals surface area contributed by atoms with Crippen LogP contribution in [0.3, 0.4) is 0 Å². The minimum absolute atomic E-state index is 0.635. The summed E-state index contributed by atoms with van der Waals surface area (Å²) in [5, 5.41) is 23.4. The lowest BCUT2D eigenvalue weighted by Gasteiger charge is -2.16. The van der Waals surface area contributed by atoms with Crippen molar-refractivity contribution in [3.05, 3.63) is 163 Å². The van der Waals surface area contributed by atoms with Crippen molar-refractivity contribution in [1.82, 2.24) is 14.1 Å². The Kier molecular flexibility index (Phi) is 6.18. The third-order valence-corrected chi connectivity index (χ3v) is 9.20. The Morgan fingerprint density at radius 2 is 1.02 bits per heavy atom. The van der Waals surface area contributed by atoms with Crippen molar-refractivity contribution in [3.63, 3.8) is 0 Å². The Balaban J connectivity index is 1.35. The van der Waals surface area contributed by atoms with Crippen LogP contribution in [0.15, 0.2) is 152 Å². The first-order valence-electron chi connectivity index (χ1n) is 15.7. The second kappa shape index (κ2) is 10.8. The van der Waals surface area contributed by atoms with E-state index in [4.69, 9.17) is 4.98 Å². The molecule has 3 aromatic heterocycles. The van der Waals surface area contributed by atoms with E-state index in [0.717, 1.165) is 77.4 Å². The predicted molar refractivity (Wildman–Crippen MR) is 193 cm³/mol. The molecule has 0 saturated heterocycles. The maximum Gasteiger partial charge on any atom is 0.145 e. The van der Waals surface area contributed by atoms with Crippen molar-refractivity contribution in [3.8, 4) is 45.8 Å². The fourth-order valence-corrected chi connectivity index (χ4v) is 7.01. The molecule has 9 rings (SSSR count). The SMILES string of the molecule is N#Cc1ccc(-c2cccc(-c3cc(-n4c5ccccc5c5cc(C#N)ccc54)cc(-n4c5ccccc5c5cccnc54)c3)c2)cc1. The Morgan fingerprint density at radius 1 is 0.417 bits per heavy atom. The highest BCUT2D eigenvalue weighted by Gasteiger charge is 2.18.